The molecule has 0 aromatic heterocycles. The van der Waals surface area contributed by atoms with Crippen molar-refractivity contribution in [2.45, 2.75) is 24.6 Å². The van der Waals surface area contributed by atoms with Crippen LogP contribution in [0.3, 0.4) is 0 Å². The van der Waals surface area contributed by atoms with Crippen LogP contribution in [-0.2, 0) is 12.6 Å². The number of hydrogen-bond donors (Lipinski definition) is 3. The van der Waals surface area contributed by atoms with Crippen LogP contribution in [0.15, 0.2) is 53.0 Å². The maximum Gasteiger partial charge on any atom is 0.419 e. The smallest absolute Gasteiger partial charge is 0.419 e. The maximum absolute atomic E-state index is 13.4. The number of hydrogen-bond acceptors (Lipinski definition) is 4. The number of alkyl halides is 3. The number of nitrogens with two attached hydrogens (primary N) is 1. The molecule has 0 amide bonds. The van der Waals surface area contributed by atoms with E-state index in [1.807, 2.05) is 24.3 Å². The molecule has 0 saturated carbocycles. The van der Waals surface area contributed by atoms with Gasteiger partial charge < -0.3 is 20.7 Å². The second kappa shape index (κ2) is 10.2. The van der Waals surface area contributed by atoms with Gasteiger partial charge in [-0.2, -0.15) is 13.2 Å². The van der Waals surface area contributed by atoms with E-state index in [4.69, 9.17) is 20.7 Å². The molecule has 0 atom stereocenters. The zero-order valence-corrected chi connectivity index (χ0v) is 17.2. The fraction of sp³-hybridized carbons (Fsp3) is 0.333. The zero-order chi connectivity index (χ0) is 21.5. The predicted molar refractivity (Wildman–Crippen MR) is 110 cm³/mol. The molecule has 158 valence electrons. The number of halogens is 4. The van der Waals surface area contributed by atoms with Gasteiger partial charge in [0.15, 0.2) is 0 Å². The van der Waals surface area contributed by atoms with E-state index in [0.29, 0.717) is 12.8 Å². The zero-order valence-electron chi connectivity index (χ0n) is 15.6. The molecular weight excluding hydrogens is 451 g/mol. The third kappa shape index (κ3) is 7.15. The number of benzene rings is 2. The fourth-order valence-electron chi connectivity index (χ4n) is 2.53. The van der Waals surface area contributed by atoms with Crippen molar-refractivity contribution in [3.8, 4) is 5.75 Å². The largest absolute Gasteiger partial charge is 0.493 e. The molecule has 0 heterocycles. The Kier molecular flexibility index (Phi) is 8.27. The van der Waals surface area contributed by atoms with Crippen LogP contribution in [-0.4, -0.2) is 35.6 Å². The number of aliphatic hydroxyl groups is 2. The normalized spacial score (nSPS) is 12.5. The van der Waals surface area contributed by atoms with Gasteiger partial charge in [0.25, 0.3) is 0 Å². The van der Waals surface area contributed by atoms with E-state index in [1.165, 1.54) is 24.3 Å². The van der Waals surface area contributed by atoms with Crippen LogP contribution in [0.25, 0.3) is 6.08 Å². The van der Waals surface area contributed by atoms with Gasteiger partial charge in [0.05, 0.1) is 30.9 Å². The molecule has 0 aliphatic carbocycles. The summed E-state index contributed by atoms with van der Waals surface area (Å²) in [6.45, 7) is -0.924. The molecule has 0 aliphatic heterocycles. The minimum absolute atomic E-state index is 0.148. The summed E-state index contributed by atoms with van der Waals surface area (Å²) in [5, 5.41) is 18.3. The van der Waals surface area contributed by atoms with Crippen LogP contribution in [0.5, 0.6) is 5.75 Å². The minimum atomic E-state index is -4.58. The van der Waals surface area contributed by atoms with Crippen molar-refractivity contribution in [2.75, 3.05) is 19.8 Å². The predicted octanol–water partition coefficient (Wildman–Crippen LogP) is 4.17. The molecule has 4 nitrogen and oxygen atoms in total. The van der Waals surface area contributed by atoms with Crippen molar-refractivity contribution in [2.24, 2.45) is 5.73 Å². The molecule has 0 unspecified atom stereocenters. The van der Waals surface area contributed by atoms with E-state index in [-0.39, 0.29) is 17.9 Å². The van der Waals surface area contributed by atoms with Crippen LogP contribution in [0.4, 0.5) is 13.2 Å². The van der Waals surface area contributed by atoms with Crippen molar-refractivity contribution >= 4 is 22.0 Å². The molecule has 0 radical (unpaired) electrons. The Balaban J connectivity index is 2.07. The van der Waals surface area contributed by atoms with Crippen LogP contribution in [0, 0.1) is 0 Å². The van der Waals surface area contributed by atoms with Crippen LogP contribution < -0.4 is 10.5 Å². The van der Waals surface area contributed by atoms with Crippen molar-refractivity contribution in [1.29, 1.82) is 0 Å². The molecule has 0 aliphatic rings. The van der Waals surface area contributed by atoms with E-state index in [1.54, 1.807) is 0 Å². The van der Waals surface area contributed by atoms with Crippen LogP contribution in [0.1, 0.15) is 23.1 Å². The first kappa shape index (κ1) is 23.4. The highest BCUT2D eigenvalue weighted by Crippen LogP contribution is 2.37. The maximum atomic E-state index is 13.4. The summed E-state index contributed by atoms with van der Waals surface area (Å²) in [6.07, 6.45) is -0.710. The summed E-state index contributed by atoms with van der Waals surface area (Å²) in [5.74, 6) is -0.242. The van der Waals surface area contributed by atoms with Crippen molar-refractivity contribution in [3.05, 3.63) is 69.7 Å². The first-order chi connectivity index (χ1) is 13.7. The third-order valence-corrected chi connectivity index (χ3v) is 4.81. The average molecular weight is 474 g/mol. The van der Waals surface area contributed by atoms with Crippen molar-refractivity contribution < 1.29 is 28.1 Å². The Morgan fingerprint density at radius 3 is 2.28 bits per heavy atom. The molecule has 4 N–H and O–H groups in total. The standard InChI is InChI=1S/C21H23BrF3NO3/c22-17-6-3-15(4-7-17)2-1-11-29-19-8-5-16(12-18(19)21(23,24)25)9-10-20(26,13-27)14-28/h3-10,12,27-28H,1-2,11,13-14,26H2. The topological polar surface area (TPSA) is 75.7 Å². The summed E-state index contributed by atoms with van der Waals surface area (Å²) in [7, 11) is 0. The molecule has 0 saturated heterocycles. The van der Waals surface area contributed by atoms with E-state index < -0.39 is 30.5 Å². The third-order valence-electron chi connectivity index (χ3n) is 4.29. The molecule has 8 heteroatoms. The highest BCUT2D eigenvalue weighted by molar-refractivity contribution is 9.10. The van der Waals surface area contributed by atoms with E-state index in [2.05, 4.69) is 15.9 Å². The first-order valence-corrected chi connectivity index (χ1v) is 9.74. The molecular formula is C21H23BrF3NO3. The molecule has 29 heavy (non-hydrogen) atoms. The Bertz CT molecular complexity index is 819. The Hall–Kier alpha value is -1.87. The summed E-state index contributed by atoms with van der Waals surface area (Å²) in [5.41, 5.74) is 4.71. The van der Waals surface area contributed by atoms with Crippen molar-refractivity contribution in [3.63, 3.8) is 0 Å². The number of ether oxygens (including phenoxy) is 1. The monoisotopic (exact) mass is 473 g/mol. The van der Waals surface area contributed by atoms with E-state index in [9.17, 15) is 13.2 Å². The molecule has 2 aromatic rings. The fourth-order valence-corrected chi connectivity index (χ4v) is 2.79. The number of aliphatic hydroxyl groups excluding tert-OH is 2. The molecule has 2 rings (SSSR count). The molecule has 0 fully saturated rings. The lowest BCUT2D eigenvalue weighted by Gasteiger charge is -2.20. The second-order valence-corrected chi connectivity index (χ2v) is 7.63. The van der Waals surface area contributed by atoms with Gasteiger partial charge in [-0.25, -0.2) is 0 Å². The highest BCUT2D eigenvalue weighted by atomic mass is 79.9. The highest BCUT2D eigenvalue weighted by Gasteiger charge is 2.34. The minimum Gasteiger partial charge on any atom is -0.493 e. The van der Waals surface area contributed by atoms with Gasteiger partial charge >= 0.3 is 6.18 Å². The van der Waals surface area contributed by atoms with Gasteiger partial charge in [-0.15, -0.1) is 0 Å². The Morgan fingerprint density at radius 1 is 1.03 bits per heavy atom. The lowest BCUT2D eigenvalue weighted by atomic mass is 10.0. The lowest BCUT2D eigenvalue weighted by Crippen LogP contribution is -2.45. The molecule has 2 aromatic carbocycles. The SMILES string of the molecule is NC(C=Cc1ccc(OCCCc2ccc(Br)cc2)c(C(F)(F)F)c1)(CO)CO. The van der Waals surface area contributed by atoms with Gasteiger partial charge in [0, 0.05) is 4.47 Å². The summed E-state index contributed by atoms with van der Waals surface area (Å²) in [6, 6.07) is 11.4. The van der Waals surface area contributed by atoms with Gasteiger partial charge in [0.1, 0.15) is 5.75 Å². The van der Waals surface area contributed by atoms with Crippen LogP contribution in [0.2, 0.25) is 0 Å². The lowest BCUT2D eigenvalue weighted by molar-refractivity contribution is -0.139. The van der Waals surface area contributed by atoms with Gasteiger partial charge in [-0.1, -0.05) is 46.3 Å². The van der Waals surface area contributed by atoms with Gasteiger partial charge in [-0.3, -0.25) is 0 Å². The van der Waals surface area contributed by atoms with Crippen LogP contribution >= 0.6 is 15.9 Å². The number of aryl methyl sites for hydroxylation is 1. The summed E-state index contributed by atoms with van der Waals surface area (Å²) in [4.78, 5) is 0. The quantitative estimate of drug-likeness (QED) is 0.477. The number of rotatable bonds is 9. The van der Waals surface area contributed by atoms with E-state index >= 15 is 0 Å². The van der Waals surface area contributed by atoms with Gasteiger partial charge in [-0.05, 0) is 48.2 Å². The summed E-state index contributed by atoms with van der Waals surface area (Å²) < 4.78 is 46.7. The molecule has 0 bridgehead atoms. The van der Waals surface area contributed by atoms with Crippen molar-refractivity contribution in [1.82, 2.24) is 0 Å². The summed E-state index contributed by atoms with van der Waals surface area (Å²) >= 11 is 3.35. The molecule has 0 spiro atoms. The van der Waals surface area contributed by atoms with E-state index in [0.717, 1.165) is 16.1 Å². The first-order valence-electron chi connectivity index (χ1n) is 8.95. The Labute approximate surface area is 175 Å². The van der Waals surface area contributed by atoms with Gasteiger partial charge in [0.2, 0.25) is 0 Å². The second-order valence-electron chi connectivity index (χ2n) is 6.71. The Morgan fingerprint density at radius 2 is 1.69 bits per heavy atom. The average Bonchev–Trinajstić information content (AvgIpc) is 2.70.